The molecule has 4 aromatic rings. The van der Waals surface area contributed by atoms with Crippen molar-refractivity contribution in [1.82, 2.24) is 37.7 Å². The number of aromatic nitrogens is 2. The fourth-order valence-corrected chi connectivity index (χ4v) is 18.1. The molecule has 0 saturated carbocycles. The summed E-state index contributed by atoms with van der Waals surface area (Å²) in [5, 5.41) is 7.90. The summed E-state index contributed by atoms with van der Waals surface area (Å²) in [5.74, 6) is -4.79. The Labute approximate surface area is 458 Å². The molecular formula is C54H71F3N8O12S2+2. The quantitative estimate of drug-likeness (QED) is 0.0979. The summed E-state index contributed by atoms with van der Waals surface area (Å²) in [6, 6.07) is 9.93. The number of alkyl halides is 3. The number of rotatable bonds is 13. The standard InChI is InChI=1S/C54H71F3N8O12S2/c1-33-9-11-35(3)45(23-33)64(47-27-62(25-43(47)41-13-21-73-29-41)78(69,70)49-37(5)58-76-39(49)7)18-16-61(17-19-64)51(67)53(75-52(68)54(55,56)57)31-60(32-66)15-20-65(53,46-24-34(2)10-12-36(46)4)48-28-63(26-44(48)42-14-22-74-30-42)79(71,72)50-38(6)59-77-40(50)8/h9-12,23-24,32,41-44,47-48H,13-22,25-31H2,1-8H3/q+2/t41?,42?,43-,44-,47+,48+,53?,65+/m1/s1. The van der Waals surface area contributed by atoms with Gasteiger partial charge in [-0.05, 0) is 91.2 Å². The van der Waals surface area contributed by atoms with Crippen molar-refractivity contribution in [2.75, 3.05) is 98.4 Å². The second-order valence-corrected chi connectivity index (χ2v) is 26.6. The monoisotopic (exact) mass is 1140 g/mol. The zero-order chi connectivity index (χ0) is 56.8. The van der Waals surface area contributed by atoms with Gasteiger partial charge in [0.15, 0.2) is 11.5 Å². The molecule has 6 fully saturated rings. The highest BCUT2D eigenvalue weighted by atomic mass is 32.2. The minimum Gasteiger partial charge on any atom is -0.392 e. The molecule has 430 valence electrons. The Morgan fingerprint density at radius 2 is 1.19 bits per heavy atom. The Morgan fingerprint density at radius 1 is 0.696 bits per heavy atom. The maximum absolute atomic E-state index is 16.8. The second kappa shape index (κ2) is 20.9. The number of piperazine rings is 2. The lowest BCUT2D eigenvalue weighted by atomic mass is 9.81. The number of nitrogens with zero attached hydrogens (tertiary/aromatic N) is 8. The van der Waals surface area contributed by atoms with Crippen molar-refractivity contribution in [2.24, 2.45) is 23.7 Å². The summed E-state index contributed by atoms with van der Waals surface area (Å²) >= 11 is 0. The highest BCUT2D eigenvalue weighted by molar-refractivity contribution is 7.89. The topological polar surface area (TPSA) is 212 Å². The highest BCUT2D eigenvalue weighted by Gasteiger charge is 2.73. The van der Waals surface area contributed by atoms with Crippen molar-refractivity contribution in [2.45, 2.75) is 102 Å². The zero-order valence-corrected chi connectivity index (χ0v) is 47.6. The molecule has 6 aliphatic rings. The molecule has 3 unspecified atom stereocenters. The van der Waals surface area contributed by atoms with E-state index >= 15 is 26.4 Å². The molecule has 10 rings (SSSR count). The van der Waals surface area contributed by atoms with Crippen LogP contribution in [0.3, 0.4) is 0 Å². The van der Waals surface area contributed by atoms with Gasteiger partial charge in [0.2, 0.25) is 26.5 Å². The first kappa shape index (κ1) is 57.0. The van der Waals surface area contributed by atoms with Gasteiger partial charge in [0, 0.05) is 61.4 Å². The number of aryl methyl sites for hydroxylation is 8. The number of quaternary nitrogens is 2. The normalized spacial score (nSPS) is 29.2. The molecule has 0 spiro atoms. The second-order valence-electron chi connectivity index (χ2n) is 22.9. The van der Waals surface area contributed by atoms with Crippen molar-refractivity contribution >= 4 is 49.7 Å². The van der Waals surface area contributed by atoms with E-state index in [1.807, 2.05) is 32.0 Å². The molecule has 79 heavy (non-hydrogen) atoms. The number of amides is 2. The van der Waals surface area contributed by atoms with Gasteiger partial charge in [-0.25, -0.2) is 26.1 Å². The Balaban J connectivity index is 1.14. The van der Waals surface area contributed by atoms with E-state index in [0.717, 1.165) is 21.7 Å². The Hall–Kier alpha value is -5.28. The summed E-state index contributed by atoms with van der Waals surface area (Å²) in [7, 11) is -8.60. The van der Waals surface area contributed by atoms with Crippen LogP contribution in [0.15, 0.2) is 55.2 Å². The molecule has 0 radical (unpaired) electrons. The first-order valence-corrected chi connectivity index (χ1v) is 29.9. The third-order valence-corrected chi connectivity index (χ3v) is 22.5. The highest BCUT2D eigenvalue weighted by Crippen LogP contribution is 2.52. The summed E-state index contributed by atoms with van der Waals surface area (Å²) in [6.07, 6.45) is -4.05. The van der Waals surface area contributed by atoms with Crippen molar-refractivity contribution in [3.63, 3.8) is 0 Å². The smallest absolute Gasteiger partial charge is 0.392 e. The first-order chi connectivity index (χ1) is 37.3. The molecule has 20 nitrogen and oxygen atoms in total. The lowest BCUT2D eigenvalue weighted by molar-refractivity contribution is -0.243. The van der Waals surface area contributed by atoms with E-state index in [9.17, 15) is 18.0 Å². The molecule has 8 atom stereocenters. The summed E-state index contributed by atoms with van der Waals surface area (Å²) in [4.78, 5) is 46.5. The number of halogens is 3. The minimum absolute atomic E-state index is 0.00123. The summed E-state index contributed by atoms with van der Waals surface area (Å²) in [6.45, 7) is 13.7. The number of sulfonamides is 2. The number of benzene rings is 2. The maximum atomic E-state index is 16.8. The van der Waals surface area contributed by atoms with Crippen LogP contribution in [0.1, 0.15) is 58.0 Å². The van der Waals surface area contributed by atoms with Gasteiger partial charge < -0.3 is 33.1 Å². The van der Waals surface area contributed by atoms with Crippen LogP contribution in [0.25, 0.3) is 0 Å². The molecule has 2 amide bonds. The van der Waals surface area contributed by atoms with E-state index in [4.69, 9.17) is 23.3 Å². The number of carbonyl (C=O) groups is 3. The van der Waals surface area contributed by atoms with E-state index in [1.165, 1.54) is 27.4 Å². The Morgan fingerprint density at radius 3 is 1.66 bits per heavy atom. The number of hydrogen-bond donors (Lipinski definition) is 0. The van der Waals surface area contributed by atoms with Crippen molar-refractivity contribution in [1.29, 1.82) is 0 Å². The summed E-state index contributed by atoms with van der Waals surface area (Å²) < 4.78 is 136. The van der Waals surface area contributed by atoms with E-state index in [1.54, 1.807) is 39.8 Å². The maximum Gasteiger partial charge on any atom is 0.491 e. The van der Waals surface area contributed by atoms with Gasteiger partial charge in [-0.1, -0.05) is 34.6 Å². The third kappa shape index (κ3) is 9.49. The zero-order valence-electron chi connectivity index (χ0n) is 46.0. The number of hydrogen-bond acceptors (Lipinski definition) is 14. The average Bonchev–Trinajstić information content (AvgIpc) is 3.76. The minimum atomic E-state index is -5.63. The van der Waals surface area contributed by atoms with E-state index in [2.05, 4.69) is 16.4 Å². The van der Waals surface area contributed by atoms with Crippen LogP contribution in [-0.4, -0.2) is 186 Å². The SMILES string of the molecule is Cc1ccc(C)c([N+]2([C@H]3CN(S(=O)(=O)c4c(C)noc4C)C[C@@H]3C3CCOC3)CCN(C(=O)C3(OC(=O)C(F)(F)F)CN(C=O)CC[N@+]3(c3cc(C)ccc3C)[C@H]3CN(S(=O)(=O)c4c(C)noc4C)C[C@@H]3C3CCOC3)CC2)c1. The largest absolute Gasteiger partial charge is 0.491 e. The molecule has 2 aromatic carbocycles. The first-order valence-electron chi connectivity index (χ1n) is 27.0. The van der Waals surface area contributed by atoms with Crippen LogP contribution >= 0.6 is 0 Å². The van der Waals surface area contributed by atoms with Crippen LogP contribution in [-0.2, 0) is 48.6 Å². The van der Waals surface area contributed by atoms with Gasteiger partial charge in [-0.3, -0.25) is 14.1 Å². The van der Waals surface area contributed by atoms with Crippen molar-refractivity contribution in [3.8, 4) is 0 Å². The van der Waals surface area contributed by atoms with Gasteiger partial charge in [0.1, 0.15) is 70.8 Å². The number of esters is 1. The van der Waals surface area contributed by atoms with E-state index in [0.29, 0.717) is 55.9 Å². The van der Waals surface area contributed by atoms with Crippen LogP contribution in [0.5, 0.6) is 0 Å². The predicted molar refractivity (Wildman–Crippen MR) is 281 cm³/mol. The van der Waals surface area contributed by atoms with Crippen LogP contribution in [0.4, 0.5) is 24.5 Å². The molecule has 6 aliphatic heterocycles. The van der Waals surface area contributed by atoms with Gasteiger partial charge >= 0.3 is 23.8 Å². The van der Waals surface area contributed by atoms with Crippen LogP contribution in [0, 0.1) is 79.1 Å². The molecule has 25 heteroatoms. The van der Waals surface area contributed by atoms with E-state index < -0.39 is 72.9 Å². The van der Waals surface area contributed by atoms with E-state index in [-0.39, 0.29) is 127 Å². The van der Waals surface area contributed by atoms with Crippen molar-refractivity contribution in [3.05, 3.63) is 81.6 Å². The molecule has 0 N–H and O–H groups in total. The van der Waals surface area contributed by atoms with Gasteiger partial charge in [0.25, 0.3) is 0 Å². The lowest BCUT2D eigenvalue weighted by Crippen LogP contribution is -2.85. The summed E-state index contributed by atoms with van der Waals surface area (Å²) in [5.41, 5.74) is 1.74. The number of carbonyl (C=O) groups excluding carboxylic acids is 3. The fourth-order valence-electron chi connectivity index (χ4n) is 14.5. The van der Waals surface area contributed by atoms with Gasteiger partial charge in [-0.15, -0.1) is 0 Å². The number of ether oxygens (including phenoxy) is 3. The molecule has 0 aliphatic carbocycles. The molecule has 0 bridgehead atoms. The molecular weight excluding hydrogens is 1070 g/mol. The lowest BCUT2D eigenvalue weighted by Gasteiger charge is -2.59. The van der Waals surface area contributed by atoms with Crippen molar-refractivity contribution < 1.29 is 67.6 Å². The van der Waals surface area contributed by atoms with Crippen LogP contribution in [0.2, 0.25) is 0 Å². The Kier molecular flexibility index (Phi) is 15.1. The fraction of sp³-hybridized carbons (Fsp3) is 0.611. The van der Waals surface area contributed by atoms with Crippen LogP contribution < -0.4 is 8.97 Å². The molecule has 6 saturated heterocycles. The van der Waals surface area contributed by atoms with Gasteiger partial charge in [-0.2, -0.15) is 21.8 Å². The molecule has 8 heterocycles. The average molecular weight is 1150 g/mol. The third-order valence-electron chi connectivity index (χ3n) is 18.3. The molecule has 2 aromatic heterocycles. The Bertz CT molecular complexity index is 3200. The van der Waals surface area contributed by atoms with Gasteiger partial charge in [0.05, 0.1) is 45.9 Å². The predicted octanol–water partition coefficient (Wildman–Crippen LogP) is 5.01.